The molecule has 0 aromatic heterocycles. The van der Waals surface area contributed by atoms with E-state index in [-0.39, 0.29) is 19.1 Å². The molecule has 1 fully saturated rings. The second-order valence-electron chi connectivity index (χ2n) is 7.19. The number of amides is 3. The lowest BCUT2D eigenvalue weighted by Crippen LogP contribution is -2.42. The van der Waals surface area contributed by atoms with Crippen LogP contribution in [-0.2, 0) is 11.3 Å². The first kappa shape index (κ1) is 19.9. The van der Waals surface area contributed by atoms with E-state index in [1.54, 1.807) is 11.0 Å². The highest BCUT2D eigenvalue weighted by Crippen LogP contribution is 2.28. The van der Waals surface area contributed by atoms with Crippen molar-refractivity contribution in [3.05, 3.63) is 64.7 Å². The Kier molecular flexibility index (Phi) is 6.04. The first-order valence-electron chi connectivity index (χ1n) is 9.18. The van der Waals surface area contributed by atoms with Gasteiger partial charge in [-0.05, 0) is 44.4 Å². The molecule has 0 saturated heterocycles. The third-order valence-electron chi connectivity index (χ3n) is 4.68. The largest absolute Gasteiger partial charge is 0.325 e. The van der Waals surface area contributed by atoms with Gasteiger partial charge in [0.2, 0.25) is 5.91 Å². The highest BCUT2D eigenvalue weighted by Gasteiger charge is 2.31. The Morgan fingerprint density at radius 1 is 1.11 bits per heavy atom. The normalized spacial score (nSPS) is 13.5. The zero-order valence-electron chi connectivity index (χ0n) is 15.9. The summed E-state index contributed by atoms with van der Waals surface area (Å²) in [5.74, 6) is -1.75. The van der Waals surface area contributed by atoms with Gasteiger partial charge in [-0.1, -0.05) is 23.8 Å². The lowest BCUT2D eigenvalue weighted by atomic mass is 10.1. The van der Waals surface area contributed by atoms with Crippen LogP contribution in [0.15, 0.2) is 36.4 Å². The number of halogens is 2. The number of hydrogen-bond donors (Lipinski definition) is 2. The fourth-order valence-corrected chi connectivity index (χ4v) is 3.08. The fourth-order valence-electron chi connectivity index (χ4n) is 3.08. The number of aryl methyl sites for hydroxylation is 2. The summed E-state index contributed by atoms with van der Waals surface area (Å²) >= 11 is 0. The van der Waals surface area contributed by atoms with Gasteiger partial charge in [0.1, 0.15) is 11.6 Å². The van der Waals surface area contributed by atoms with Crippen LogP contribution in [0.3, 0.4) is 0 Å². The molecule has 0 spiro atoms. The predicted octanol–water partition coefficient (Wildman–Crippen LogP) is 3.89. The molecule has 2 N–H and O–H groups in total. The third kappa shape index (κ3) is 5.36. The summed E-state index contributed by atoms with van der Waals surface area (Å²) in [5.41, 5.74) is 2.92. The van der Waals surface area contributed by atoms with E-state index < -0.39 is 23.6 Å². The number of rotatable bonds is 6. The molecule has 0 unspecified atom stereocenters. The average molecular weight is 387 g/mol. The van der Waals surface area contributed by atoms with Crippen LogP contribution in [0.4, 0.5) is 19.3 Å². The van der Waals surface area contributed by atoms with Crippen LogP contribution in [0, 0.1) is 25.5 Å². The number of hydrogen-bond acceptors (Lipinski definition) is 3. The Balaban J connectivity index is 1.57. The highest BCUT2D eigenvalue weighted by molar-refractivity contribution is 6.02. The van der Waals surface area contributed by atoms with E-state index in [1.165, 1.54) is 12.1 Å². The van der Waals surface area contributed by atoms with Crippen molar-refractivity contribution in [1.29, 1.82) is 0 Å². The van der Waals surface area contributed by atoms with Gasteiger partial charge in [-0.3, -0.25) is 15.0 Å². The Hall–Kier alpha value is -2.80. The quantitative estimate of drug-likeness (QED) is 0.790. The molecule has 3 rings (SSSR count). The van der Waals surface area contributed by atoms with E-state index in [4.69, 9.17) is 0 Å². The fraction of sp³-hybridized carbons (Fsp3) is 0.333. The maximum absolute atomic E-state index is 13.9. The molecular weight excluding hydrogens is 364 g/mol. The second-order valence-corrected chi connectivity index (χ2v) is 7.19. The topological polar surface area (TPSA) is 61.4 Å². The third-order valence-corrected chi connectivity index (χ3v) is 4.68. The van der Waals surface area contributed by atoms with Crippen molar-refractivity contribution >= 4 is 17.6 Å². The molecule has 28 heavy (non-hydrogen) atoms. The van der Waals surface area contributed by atoms with Crippen molar-refractivity contribution in [2.75, 3.05) is 11.9 Å². The molecule has 0 aliphatic heterocycles. The summed E-state index contributed by atoms with van der Waals surface area (Å²) < 4.78 is 27.0. The Morgan fingerprint density at radius 3 is 2.50 bits per heavy atom. The molecule has 0 atom stereocenters. The molecule has 0 bridgehead atoms. The second kappa shape index (κ2) is 8.48. The van der Waals surface area contributed by atoms with Crippen LogP contribution >= 0.6 is 0 Å². The van der Waals surface area contributed by atoms with Gasteiger partial charge in [-0.15, -0.1) is 0 Å². The molecule has 3 amide bonds. The summed E-state index contributed by atoms with van der Waals surface area (Å²) in [7, 11) is 0. The van der Waals surface area contributed by atoms with Crippen molar-refractivity contribution in [3.8, 4) is 0 Å². The number of imide groups is 1. The van der Waals surface area contributed by atoms with Crippen LogP contribution < -0.4 is 10.6 Å². The maximum Gasteiger partial charge on any atom is 0.325 e. The number of carbonyl (C=O) groups excluding carboxylic acids is 2. The number of carbonyl (C=O) groups is 2. The Bertz CT molecular complexity index is 897. The van der Waals surface area contributed by atoms with Crippen molar-refractivity contribution in [2.45, 2.75) is 39.3 Å². The van der Waals surface area contributed by atoms with Crippen LogP contribution in [0.2, 0.25) is 0 Å². The maximum atomic E-state index is 13.9. The van der Waals surface area contributed by atoms with E-state index in [2.05, 4.69) is 10.6 Å². The van der Waals surface area contributed by atoms with Crippen molar-refractivity contribution in [2.24, 2.45) is 0 Å². The van der Waals surface area contributed by atoms with E-state index in [9.17, 15) is 18.4 Å². The minimum atomic E-state index is -0.640. The minimum absolute atomic E-state index is 0.0399. The molecule has 0 heterocycles. The van der Waals surface area contributed by atoms with E-state index in [0.29, 0.717) is 11.3 Å². The van der Waals surface area contributed by atoms with Gasteiger partial charge in [0.15, 0.2) is 0 Å². The van der Waals surface area contributed by atoms with Crippen LogP contribution in [0.1, 0.15) is 29.5 Å². The van der Waals surface area contributed by atoms with Gasteiger partial charge >= 0.3 is 6.03 Å². The van der Waals surface area contributed by atoms with E-state index >= 15 is 0 Å². The molecule has 5 nitrogen and oxygen atoms in total. The molecule has 2 aromatic rings. The average Bonchev–Trinajstić information content (AvgIpc) is 3.44. The summed E-state index contributed by atoms with van der Waals surface area (Å²) in [6.07, 6.45) is 1.82. The molecular formula is C21H23F2N3O2. The summed E-state index contributed by atoms with van der Waals surface area (Å²) in [5, 5.41) is 4.97. The number of urea groups is 1. The minimum Gasteiger partial charge on any atom is -0.307 e. The van der Waals surface area contributed by atoms with Gasteiger partial charge < -0.3 is 5.32 Å². The van der Waals surface area contributed by atoms with Gasteiger partial charge in [0.25, 0.3) is 0 Å². The van der Waals surface area contributed by atoms with Gasteiger partial charge in [-0.2, -0.15) is 0 Å². The number of nitrogens with zero attached hydrogens (tertiary/aromatic N) is 1. The lowest BCUT2D eigenvalue weighted by Gasteiger charge is -2.21. The molecule has 148 valence electrons. The Labute approximate surface area is 162 Å². The molecule has 1 aliphatic rings. The highest BCUT2D eigenvalue weighted by atomic mass is 19.1. The van der Waals surface area contributed by atoms with Gasteiger partial charge in [0, 0.05) is 29.9 Å². The predicted molar refractivity (Wildman–Crippen MR) is 103 cm³/mol. The number of benzene rings is 2. The van der Waals surface area contributed by atoms with Crippen molar-refractivity contribution in [1.82, 2.24) is 10.2 Å². The number of nitrogens with one attached hydrogen (secondary N) is 2. The van der Waals surface area contributed by atoms with Crippen molar-refractivity contribution < 1.29 is 18.4 Å². The Morgan fingerprint density at radius 2 is 1.86 bits per heavy atom. The summed E-state index contributed by atoms with van der Waals surface area (Å²) in [4.78, 5) is 26.2. The smallest absolute Gasteiger partial charge is 0.307 e. The summed E-state index contributed by atoms with van der Waals surface area (Å²) in [6.45, 7) is 3.97. The summed E-state index contributed by atoms with van der Waals surface area (Å²) in [6, 6.07) is 8.55. The molecule has 1 aliphatic carbocycles. The first-order valence-corrected chi connectivity index (χ1v) is 9.18. The monoisotopic (exact) mass is 387 g/mol. The van der Waals surface area contributed by atoms with Crippen LogP contribution in [0.25, 0.3) is 0 Å². The zero-order valence-corrected chi connectivity index (χ0v) is 15.9. The van der Waals surface area contributed by atoms with Crippen molar-refractivity contribution in [3.63, 3.8) is 0 Å². The SMILES string of the molecule is Cc1ccc(NC(=O)NC(=O)CN(Cc2ccc(F)cc2F)C2CC2)c(C)c1. The van der Waals surface area contributed by atoms with E-state index in [1.807, 2.05) is 26.0 Å². The van der Waals surface area contributed by atoms with Gasteiger partial charge in [0.05, 0.1) is 6.54 Å². The lowest BCUT2D eigenvalue weighted by molar-refractivity contribution is -0.121. The van der Waals surface area contributed by atoms with Crippen LogP contribution in [0.5, 0.6) is 0 Å². The first-order chi connectivity index (χ1) is 13.3. The molecule has 2 aromatic carbocycles. The molecule has 0 radical (unpaired) electrons. The molecule has 1 saturated carbocycles. The molecule has 7 heteroatoms. The number of anilines is 1. The van der Waals surface area contributed by atoms with Gasteiger partial charge in [-0.25, -0.2) is 13.6 Å². The standard InChI is InChI=1S/C21H23F2N3O2/c1-13-3-8-19(14(2)9-13)24-21(28)25-20(27)12-26(17-6-7-17)11-15-4-5-16(22)10-18(15)23/h3-5,8-10,17H,6-7,11-12H2,1-2H3,(H2,24,25,27,28). The van der Waals surface area contributed by atoms with E-state index in [0.717, 1.165) is 30.0 Å². The van der Waals surface area contributed by atoms with Crippen LogP contribution in [-0.4, -0.2) is 29.4 Å². The zero-order chi connectivity index (χ0) is 20.3.